The Bertz CT molecular complexity index is 453. The Balaban J connectivity index is 1.87. The molecule has 1 saturated heterocycles. The fourth-order valence-corrected chi connectivity index (χ4v) is 3.65. The van der Waals surface area contributed by atoms with Gasteiger partial charge in [0.1, 0.15) is 31.0 Å². The summed E-state index contributed by atoms with van der Waals surface area (Å²) < 4.78 is 10.2. The number of unbranched alkanes of at least 4 members (excludes halogenated alkanes) is 11. The Morgan fingerprint density at radius 2 is 1.53 bits per heavy atom. The zero-order valence-corrected chi connectivity index (χ0v) is 18.8. The van der Waals surface area contributed by atoms with Crippen LogP contribution >= 0.6 is 0 Å². The van der Waals surface area contributed by atoms with E-state index in [0.717, 1.165) is 25.7 Å². The maximum Gasteiger partial charge on any atom is 0.305 e. The molecule has 1 aliphatic rings. The largest absolute Gasteiger partial charge is 0.463 e. The van der Waals surface area contributed by atoms with Crippen molar-refractivity contribution in [1.82, 2.24) is 0 Å². The Kier molecular flexibility index (Phi) is 16.0. The SMILES string of the molecule is CCCCCCCC/C=C\CCCCCCCC(=O)OCC(O)[C@H]1OC[C@@H](O)[C@H]1O. The topological polar surface area (TPSA) is 96.2 Å². The second-order valence-electron chi connectivity index (χ2n) is 8.44. The average Bonchev–Trinajstić information content (AvgIpc) is 3.07. The van der Waals surface area contributed by atoms with Crippen LogP contribution in [0.3, 0.4) is 0 Å². The van der Waals surface area contributed by atoms with E-state index in [0.29, 0.717) is 6.42 Å². The van der Waals surface area contributed by atoms with E-state index >= 15 is 0 Å². The highest BCUT2D eigenvalue weighted by molar-refractivity contribution is 5.69. The minimum atomic E-state index is -1.15. The number of aliphatic hydroxyl groups is 3. The van der Waals surface area contributed by atoms with Crippen molar-refractivity contribution >= 4 is 5.97 Å². The van der Waals surface area contributed by atoms with Crippen LogP contribution in [0.2, 0.25) is 0 Å². The lowest BCUT2D eigenvalue weighted by Gasteiger charge is -2.20. The fraction of sp³-hybridized carbons (Fsp3) is 0.875. The molecule has 0 aromatic carbocycles. The molecular weight excluding hydrogens is 384 g/mol. The number of rotatable bonds is 18. The summed E-state index contributed by atoms with van der Waals surface area (Å²) in [5, 5.41) is 29.0. The third-order valence-corrected chi connectivity index (χ3v) is 5.63. The average molecular weight is 429 g/mol. The van der Waals surface area contributed by atoms with Gasteiger partial charge in [-0.05, 0) is 32.1 Å². The van der Waals surface area contributed by atoms with Crippen molar-refractivity contribution in [2.24, 2.45) is 0 Å². The van der Waals surface area contributed by atoms with Crippen LogP contribution in [-0.2, 0) is 14.3 Å². The number of carbonyl (C=O) groups excluding carboxylic acids is 1. The van der Waals surface area contributed by atoms with Gasteiger partial charge in [-0.1, -0.05) is 70.4 Å². The van der Waals surface area contributed by atoms with E-state index in [1.54, 1.807) is 0 Å². The molecule has 0 amide bonds. The van der Waals surface area contributed by atoms with Gasteiger partial charge in [0.05, 0.1) is 6.61 Å². The monoisotopic (exact) mass is 428 g/mol. The molecule has 176 valence electrons. The highest BCUT2D eigenvalue weighted by Crippen LogP contribution is 2.18. The Hall–Kier alpha value is -0.950. The summed E-state index contributed by atoms with van der Waals surface area (Å²) in [7, 11) is 0. The molecule has 3 N–H and O–H groups in total. The van der Waals surface area contributed by atoms with Crippen LogP contribution in [0.5, 0.6) is 0 Å². The molecule has 4 atom stereocenters. The molecule has 0 aromatic heterocycles. The molecule has 1 aliphatic heterocycles. The Morgan fingerprint density at radius 1 is 0.967 bits per heavy atom. The van der Waals surface area contributed by atoms with Crippen molar-refractivity contribution in [3.05, 3.63) is 12.2 Å². The standard InChI is InChI=1S/C24H44O6/c1-2-3-4-5-6-7-8-9-10-11-12-13-14-15-16-17-22(27)29-19-21(26)24-23(28)20(25)18-30-24/h9-10,20-21,23-26,28H,2-8,11-19H2,1H3/b10-9-/t20-,21?,23-,24-/m1/s1. The van der Waals surface area contributed by atoms with Gasteiger partial charge in [0.2, 0.25) is 0 Å². The molecule has 1 heterocycles. The van der Waals surface area contributed by atoms with Crippen LogP contribution in [0.15, 0.2) is 12.2 Å². The number of hydrogen-bond donors (Lipinski definition) is 3. The molecule has 0 saturated carbocycles. The summed E-state index contributed by atoms with van der Waals surface area (Å²) in [4.78, 5) is 11.7. The van der Waals surface area contributed by atoms with Crippen LogP contribution < -0.4 is 0 Å². The molecule has 0 spiro atoms. The third-order valence-electron chi connectivity index (χ3n) is 5.63. The van der Waals surface area contributed by atoms with Gasteiger partial charge in [-0.15, -0.1) is 0 Å². The van der Waals surface area contributed by atoms with Gasteiger partial charge in [-0.3, -0.25) is 4.79 Å². The van der Waals surface area contributed by atoms with E-state index in [4.69, 9.17) is 9.47 Å². The van der Waals surface area contributed by atoms with E-state index in [2.05, 4.69) is 19.1 Å². The highest BCUT2D eigenvalue weighted by atomic mass is 16.6. The van der Waals surface area contributed by atoms with Crippen molar-refractivity contribution in [2.75, 3.05) is 13.2 Å². The van der Waals surface area contributed by atoms with E-state index in [9.17, 15) is 20.1 Å². The van der Waals surface area contributed by atoms with Crippen LogP contribution in [0.25, 0.3) is 0 Å². The maximum atomic E-state index is 11.7. The van der Waals surface area contributed by atoms with Crippen molar-refractivity contribution < 1.29 is 29.6 Å². The van der Waals surface area contributed by atoms with Crippen LogP contribution in [0, 0.1) is 0 Å². The zero-order valence-electron chi connectivity index (χ0n) is 18.8. The van der Waals surface area contributed by atoms with Gasteiger partial charge in [0.15, 0.2) is 0 Å². The van der Waals surface area contributed by atoms with Crippen LogP contribution in [0.1, 0.15) is 96.8 Å². The quantitative estimate of drug-likeness (QED) is 0.173. The van der Waals surface area contributed by atoms with Gasteiger partial charge < -0.3 is 24.8 Å². The first kappa shape index (κ1) is 27.1. The Labute approximate surface area is 182 Å². The molecule has 0 aliphatic carbocycles. The molecule has 1 rings (SSSR count). The molecule has 0 aromatic rings. The van der Waals surface area contributed by atoms with Crippen molar-refractivity contribution in [3.8, 4) is 0 Å². The molecule has 6 heteroatoms. The summed E-state index contributed by atoms with van der Waals surface area (Å²) in [6.45, 7) is 2.00. The van der Waals surface area contributed by atoms with Crippen molar-refractivity contribution in [1.29, 1.82) is 0 Å². The van der Waals surface area contributed by atoms with Gasteiger partial charge in [0.25, 0.3) is 0 Å². The molecule has 30 heavy (non-hydrogen) atoms. The maximum absolute atomic E-state index is 11.7. The number of esters is 1. The molecular formula is C24H44O6. The first-order chi connectivity index (χ1) is 14.6. The molecule has 0 bridgehead atoms. The van der Waals surface area contributed by atoms with Gasteiger partial charge >= 0.3 is 5.97 Å². The van der Waals surface area contributed by atoms with E-state index in [-0.39, 0.29) is 19.2 Å². The number of ether oxygens (including phenoxy) is 2. The number of carbonyl (C=O) groups is 1. The number of aliphatic hydroxyl groups excluding tert-OH is 3. The summed E-state index contributed by atoms with van der Waals surface area (Å²) in [5.74, 6) is -0.347. The lowest BCUT2D eigenvalue weighted by atomic mass is 10.1. The number of hydrogen-bond acceptors (Lipinski definition) is 6. The zero-order chi connectivity index (χ0) is 22.0. The lowest BCUT2D eigenvalue weighted by Crippen LogP contribution is -2.41. The Morgan fingerprint density at radius 3 is 2.10 bits per heavy atom. The van der Waals surface area contributed by atoms with Gasteiger partial charge in [-0.25, -0.2) is 0 Å². The molecule has 0 radical (unpaired) electrons. The second kappa shape index (κ2) is 17.7. The lowest BCUT2D eigenvalue weighted by molar-refractivity contribution is -0.151. The minimum absolute atomic E-state index is 0.0221. The summed E-state index contributed by atoms with van der Waals surface area (Å²) in [6.07, 6.45) is 16.5. The van der Waals surface area contributed by atoms with Crippen LogP contribution in [-0.4, -0.2) is 58.9 Å². The third kappa shape index (κ3) is 12.7. The molecule has 1 fully saturated rings. The fourth-order valence-electron chi connectivity index (χ4n) is 3.65. The van der Waals surface area contributed by atoms with Crippen molar-refractivity contribution in [3.63, 3.8) is 0 Å². The van der Waals surface area contributed by atoms with E-state index in [1.165, 1.54) is 57.8 Å². The number of allylic oxidation sites excluding steroid dienone is 2. The summed E-state index contributed by atoms with van der Waals surface area (Å²) >= 11 is 0. The normalized spacial score (nSPS) is 22.6. The predicted octanol–water partition coefficient (Wildman–Crippen LogP) is 4.05. The van der Waals surface area contributed by atoms with Crippen LogP contribution in [0.4, 0.5) is 0 Å². The van der Waals surface area contributed by atoms with Gasteiger partial charge in [0, 0.05) is 6.42 Å². The van der Waals surface area contributed by atoms with E-state index in [1.807, 2.05) is 0 Å². The highest BCUT2D eigenvalue weighted by Gasteiger charge is 2.39. The van der Waals surface area contributed by atoms with E-state index < -0.39 is 24.4 Å². The smallest absolute Gasteiger partial charge is 0.305 e. The first-order valence-corrected chi connectivity index (χ1v) is 12.0. The van der Waals surface area contributed by atoms with Crippen molar-refractivity contribution in [2.45, 2.75) is 121 Å². The minimum Gasteiger partial charge on any atom is -0.463 e. The first-order valence-electron chi connectivity index (χ1n) is 12.0. The summed E-state index contributed by atoms with van der Waals surface area (Å²) in [5.41, 5.74) is 0. The molecule has 1 unspecified atom stereocenters. The summed E-state index contributed by atoms with van der Waals surface area (Å²) in [6, 6.07) is 0. The van der Waals surface area contributed by atoms with Gasteiger partial charge in [-0.2, -0.15) is 0 Å². The predicted molar refractivity (Wildman–Crippen MR) is 118 cm³/mol. The molecule has 6 nitrogen and oxygen atoms in total. The second-order valence-corrected chi connectivity index (χ2v) is 8.44.